The van der Waals surface area contributed by atoms with E-state index in [1.807, 2.05) is 0 Å². The van der Waals surface area contributed by atoms with Crippen molar-refractivity contribution in [2.45, 2.75) is 25.0 Å². The molecule has 1 aliphatic heterocycles. The van der Waals surface area contributed by atoms with Crippen molar-refractivity contribution in [3.8, 4) is 17.2 Å². The molecule has 0 saturated carbocycles. The fraction of sp³-hybridized carbons (Fsp3) is 0.214. The van der Waals surface area contributed by atoms with Gasteiger partial charge in [0.15, 0.2) is 0 Å². The van der Waals surface area contributed by atoms with Crippen LogP contribution in [0.2, 0.25) is 0 Å². The lowest BCUT2D eigenvalue weighted by Gasteiger charge is -2.26. The average Bonchev–Trinajstić information content (AvgIpc) is 3.13. The van der Waals surface area contributed by atoms with E-state index in [1.54, 1.807) is 0 Å². The van der Waals surface area contributed by atoms with Crippen LogP contribution >= 0.6 is 0 Å². The highest BCUT2D eigenvalue weighted by Crippen LogP contribution is 2.32. The molecule has 1 heterocycles. The van der Waals surface area contributed by atoms with E-state index in [0.29, 0.717) is 31.5 Å². The van der Waals surface area contributed by atoms with E-state index in [9.17, 15) is 39.6 Å². The largest absolute Gasteiger partial charge is 0.508 e. The molecule has 3 aromatic carbocycles. The number of hydrogen-bond donors (Lipinski definition) is 6. The molecule has 3 aromatic rings. The lowest BCUT2D eigenvalue weighted by atomic mass is 9.96. The number of esters is 1. The van der Waals surface area contributed by atoms with Crippen LogP contribution in [0.4, 0.5) is 0 Å². The SMILES string of the molecule is O=C(N[C@@H]1CNCCC[C@@H]1OC(=O)c1cc(O)c(C(=O)c2ccccc2C(=O)O)c(O)c1)c1ccc(O)cc1. The number of aromatic hydroxyl groups is 3. The zero-order valence-electron chi connectivity index (χ0n) is 20.6. The predicted octanol–water partition coefficient (Wildman–Crippen LogP) is 2.44. The first-order chi connectivity index (χ1) is 18.7. The molecular weight excluding hydrogens is 508 g/mol. The first-order valence-corrected chi connectivity index (χ1v) is 12.1. The Hall–Kier alpha value is -4.90. The molecule has 1 amide bonds. The van der Waals surface area contributed by atoms with Gasteiger partial charge in [-0.05, 0) is 61.9 Å². The van der Waals surface area contributed by atoms with Crippen molar-refractivity contribution < 1.29 is 44.3 Å². The Balaban J connectivity index is 1.53. The second kappa shape index (κ2) is 11.7. The van der Waals surface area contributed by atoms with Crippen LogP contribution in [0.3, 0.4) is 0 Å². The minimum atomic E-state index is -1.36. The summed E-state index contributed by atoms with van der Waals surface area (Å²) in [6, 6.07) is 12.3. The molecule has 4 rings (SSSR count). The number of phenols is 3. The number of carbonyl (C=O) groups excluding carboxylic acids is 3. The number of amides is 1. The molecule has 11 nitrogen and oxygen atoms in total. The Bertz CT molecular complexity index is 1400. The second-order valence-corrected chi connectivity index (χ2v) is 8.99. The third-order valence-corrected chi connectivity index (χ3v) is 6.32. The highest BCUT2D eigenvalue weighted by atomic mass is 16.5. The van der Waals surface area contributed by atoms with Gasteiger partial charge in [-0.3, -0.25) is 9.59 Å². The van der Waals surface area contributed by atoms with Crippen LogP contribution in [0, 0.1) is 0 Å². The number of ketones is 1. The molecule has 0 bridgehead atoms. The fourth-order valence-electron chi connectivity index (χ4n) is 4.34. The monoisotopic (exact) mass is 534 g/mol. The van der Waals surface area contributed by atoms with Crippen LogP contribution in [0.15, 0.2) is 60.7 Å². The molecule has 1 aliphatic rings. The lowest BCUT2D eigenvalue weighted by molar-refractivity contribution is 0.0191. The minimum Gasteiger partial charge on any atom is -0.508 e. The van der Waals surface area contributed by atoms with E-state index in [2.05, 4.69) is 10.6 Å². The van der Waals surface area contributed by atoms with Crippen LogP contribution in [0.1, 0.15) is 59.8 Å². The molecule has 1 saturated heterocycles. The fourth-order valence-corrected chi connectivity index (χ4v) is 4.34. The molecule has 0 aliphatic carbocycles. The van der Waals surface area contributed by atoms with Crippen LogP contribution in [-0.2, 0) is 4.74 Å². The highest BCUT2D eigenvalue weighted by Gasteiger charge is 2.30. The molecule has 0 radical (unpaired) electrons. The molecule has 0 spiro atoms. The van der Waals surface area contributed by atoms with Crippen molar-refractivity contribution in [2.75, 3.05) is 13.1 Å². The van der Waals surface area contributed by atoms with E-state index in [1.165, 1.54) is 48.5 Å². The van der Waals surface area contributed by atoms with Crippen LogP contribution in [0.5, 0.6) is 17.2 Å². The standard InChI is InChI=1S/C28H26N2O9/c31-17-9-7-15(8-10-17)26(35)30-20-14-29-11-3-6-23(20)39-28(38)16-12-21(32)24(22(33)13-16)25(34)18-4-1-2-5-19(18)27(36)37/h1-2,4-5,7-10,12-13,20,23,29,31-33H,3,6,11,14H2,(H,30,35)(H,36,37)/t20-,23+/m1/s1. The summed E-state index contributed by atoms with van der Waals surface area (Å²) in [5.74, 6) is -5.07. The van der Waals surface area contributed by atoms with Gasteiger partial charge in [-0.25, -0.2) is 9.59 Å². The number of hydrogen-bond acceptors (Lipinski definition) is 9. The number of carboxylic acids is 1. The third-order valence-electron chi connectivity index (χ3n) is 6.32. The molecule has 0 unspecified atom stereocenters. The highest BCUT2D eigenvalue weighted by molar-refractivity contribution is 6.17. The number of benzene rings is 3. The first kappa shape index (κ1) is 27.1. The van der Waals surface area contributed by atoms with Gasteiger partial charge in [0.05, 0.1) is 17.2 Å². The van der Waals surface area contributed by atoms with Gasteiger partial charge in [0.2, 0.25) is 5.78 Å². The summed E-state index contributed by atoms with van der Waals surface area (Å²) in [7, 11) is 0. The third kappa shape index (κ3) is 6.16. The summed E-state index contributed by atoms with van der Waals surface area (Å²) in [6.07, 6.45) is 0.317. The topological polar surface area (TPSA) is 182 Å². The van der Waals surface area contributed by atoms with Crippen molar-refractivity contribution in [3.63, 3.8) is 0 Å². The molecular formula is C28H26N2O9. The van der Waals surface area contributed by atoms with Gasteiger partial charge in [0.25, 0.3) is 5.91 Å². The van der Waals surface area contributed by atoms with E-state index >= 15 is 0 Å². The van der Waals surface area contributed by atoms with Gasteiger partial charge in [0, 0.05) is 17.7 Å². The summed E-state index contributed by atoms with van der Waals surface area (Å²) in [5.41, 5.74) is -1.05. The lowest BCUT2D eigenvalue weighted by Crippen LogP contribution is -2.49. The van der Waals surface area contributed by atoms with Gasteiger partial charge in [-0.15, -0.1) is 0 Å². The van der Waals surface area contributed by atoms with Gasteiger partial charge in [-0.2, -0.15) is 0 Å². The van der Waals surface area contributed by atoms with Gasteiger partial charge < -0.3 is 35.8 Å². The zero-order chi connectivity index (χ0) is 28.1. The van der Waals surface area contributed by atoms with Crippen molar-refractivity contribution in [1.29, 1.82) is 0 Å². The number of phenolic OH excluding ortho intramolecular Hbond substituents is 3. The van der Waals surface area contributed by atoms with Gasteiger partial charge in [-0.1, -0.05) is 18.2 Å². The van der Waals surface area contributed by atoms with E-state index in [4.69, 9.17) is 4.74 Å². The molecule has 1 fully saturated rings. The maximum Gasteiger partial charge on any atom is 0.338 e. The predicted molar refractivity (Wildman–Crippen MR) is 137 cm³/mol. The smallest absolute Gasteiger partial charge is 0.338 e. The summed E-state index contributed by atoms with van der Waals surface area (Å²) in [5, 5.41) is 45.9. The Labute approximate surface area is 222 Å². The van der Waals surface area contributed by atoms with Crippen molar-refractivity contribution in [3.05, 3.63) is 88.5 Å². The Morgan fingerprint density at radius 1 is 0.872 bits per heavy atom. The molecule has 39 heavy (non-hydrogen) atoms. The van der Waals surface area contributed by atoms with Crippen molar-refractivity contribution in [2.24, 2.45) is 0 Å². The number of aromatic carboxylic acids is 1. The Morgan fingerprint density at radius 3 is 2.15 bits per heavy atom. The number of carbonyl (C=O) groups is 4. The summed E-state index contributed by atoms with van der Waals surface area (Å²) >= 11 is 0. The van der Waals surface area contributed by atoms with Crippen LogP contribution in [-0.4, -0.2) is 69.3 Å². The molecule has 6 N–H and O–H groups in total. The quantitative estimate of drug-likeness (QED) is 0.194. The molecule has 11 heteroatoms. The zero-order valence-corrected chi connectivity index (χ0v) is 20.6. The summed E-state index contributed by atoms with van der Waals surface area (Å²) < 4.78 is 5.65. The number of ether oxygens (including phenoxy) is 1. The van der Waals surface area contributed by atoms with Gasteiger partial charge >= 0.3 is 11.9 Å². The van der Waals surface area contributed by atoms with Crippen LogP contribution in [0.25, 0.3) is 0 Å². The summed E-state index contributed by atoms with van der Waals surface area (Å²) in [4.78, 5) is 50.2. The average molecular weight is 535 g/mol. The van der Waals surface area contributed by atoms with Crippen LogP contribution < -0.4 is 10.6 Å². The maximum absolute atomic E-state index is 13.0. The number of nitrogens with one attached hydrogen (secondary N) is 2. The Kier molecular flexibility index (Phi) is 8.11. The summed E-state index contributed by atoms with van der Waals surface area (Å²) in [6.45, 7) is 0.949. The van der Waals surface area contributed by atoms with Crippen molar-refractivity contribution in [1.82, 2.24) is 10.6 Å². The second-order valence-electron chi connectivity index (χ2n) is 8.99. The minimum absolute atomic E-state index is 0.0137. The van der Waals surface area contributed by atoms with E-state index in [0.717, 1.165) is 12.1 Å². The molecule has 2 atom stereocenters. The van der Waals surface area contributed by atoms with E-state index in [-0.39, 0.29) is 22.4 Å². The molecule has 0 aromatic heterocycles. The number of carboxylic acid groups (broad SMARTS) is 1. The molecule has 202 valence electrons. The van der Waals surface area contributed by atoms with E-state index < -0.39 is 52.8 Å². The first-order valence-electron chi connectivity index (χ1n) is 12.1. The number of rotatable bonds is 7. The Morgan fingerprint density at radius 2 is 1.51 bits per heavy atom. The van der Waals surface area contributed by atoms with Gasteiger partial charge in [0.1, 0.15) is 28.9 Å². The van der Waals surface area contributed by atoms with Crippen molar-refractivity contribution >= 4 is 23.6 Å². The maximum atomic E-state index is 13.0. The normalized spacial score (nSPS) is 17.0.